The maximum atomic E-state index is 12.7. The lowest BCUT2D eigenvalue weighted by Gasteiger charge is -2.10. The van der Waals surface area contributed by atoms with E-state index < -0.39 is 5.95 Å². The highest BCUT2D eigenvalue weighted by Crippen LogP contribution is 2.34. The number of hydrogen-bond acceptors (Lipinski definition) is 3. The Hall–Kier alpha value is -1.14. The normalized spacial score (nSPS) is 10.3. The summed E-state index contributed by atoms with van der Waals surface area (Å²) < 4.78 is 19.7. The summed E-state index contributed by atoms with van der Waals surface area (Å²) in [6.07, 6.45) is 1.46. The Labute approximate surface area is 127 Å². The second kappa shape index (κ2) is 6.34. The second-order valence-electron chi connectivity index (χ2n) is 3.82. The van der Waals surface area contributed by atoms with Gasteiger partial charge in [-0.2, -0.15) is 4.39 Å². The predicted octanol–water partition coefficient (Wildman–Crippen LogP) is 4.37. The van der Waals surface area contributed by atoms with Crippen molar-refractivity contribution in [2.45, 2.75) is 6.54 Å². The molecule has 0 unspecified atom stereocenters. The van der Waals surface area contributed by atoms with Gasteiger partial charge in [-0.25, -0.2) is 4.98 Å². The number of pyridine rings is 1. The van der Waals surface area contributed by atoms with Crippen LogP contribution < -0.4 is 10.1 Å². The molecule has 0 bridgehead atoms. The first-order chi connectivity index (χ1) is 9.10. The summed E-state index contributed by atoms with van der Waals surface area (Å²) in [6, 6.07) is 6.90. The van der Waals surface area contributed by atoms with Crippen molar-refractivity contribution in [3.8, 4) is 5.75 Å². The van der Waals surface area contributed by atoms with Crippen LogP contribution in [-0.2, 0) is 6.54 Å². The monoisotopic (exact) mass is 388 g/mol. The van der Waals surface area contributed by atoms with Gasteiger partial charge in [0.2, 0.25) is 5.95 Å². The minimum atomic E-state index is -0.486. The topological polar surface area (TPSA) is 34.1 Å². The van der Waals surface area contributed by atoms with E-state index in [-0.39, 0.29) is 0 Å². The van der Waals surface area contributed by atoms with E-state index in [0.717, 1.165) is 25.9 Å². The molecule has 0 spiro atoms. The van der Waals surface area contributed by atoms with Crippen molar-refractivity contribution in [2.24, 2.45) is 0 Å². The molecule has 19 heavy (non-hydrogen) atoms. The van der Waals surface area contributed by atoms with Gasteiger partial charge in [0.15, 0.2) is 0 Å². The number of methoxy groups -OCH3 is 1. The molecule has 100 valence electrons. The van der Waals surface area contributed by atoms with E-state index in [0.29, 0.717) is 6.54 Å². The molecule has 0 radical (unpaired) electrons. The quantitative estimate of drug-likeness (QED) is 0.788. The van der Waals surface area contributed by atoms with Gasteiger partial charge in [-0.05, 0) is 61.7 Å². The Morgan fingerprint density at radius 2 is 1.95 bits per heavy atom. The molecule has 0 fully saturated rings. The van der Waals surface area contributed by atoms with Gasteiger partial charge in [0, 0.05) is 6.54 Å². The molecule has 0 atom stereocenters. The molecule has 1 heterocycles. The van der Waals surface area contributed by atoms with Crippen LogP contribution in [0.1, 0.15) is 5.56 Å². The maximum absolute atomic E-state index is 12.7. The second-order valence-corrected chi connectivity index (χ2v) is 5.52. The Morgan fingerprint density at radius 1 is 1.26 bits per heavy atom. The SMILES string of the molecule is COc1c(Br)cc(CNc2ccc(F)nc2)cc1Br. The zero-order valence-corrected chi connectivity index (χ0v) is 13.3. The van der Waals surface area contributed by atoms with Gasteiger partial charge in [-0.3, -0.25) is 0 Å². The van der Waals surface area contributed by atoms with Crippen LogP contribution in [0.5, 0.6) is 5.75 Å². The van der Waals surface area contributed by atoms with Gasteiger partial charge in [0.05, 0.1) is 27.9 Å². The summed E-state index contributed by atoms with van der Waals surface area (Å²) in [6.45, 7) is 0.606. The van der Waals surface area contributed by atoms with Crippen LogP contribution in [0, 0.1) is 5.95 Å². The molecule has 6 heteroatoms. The summed E-state index contributed by atoms with van der Waals surface area (Å²) in [5, 5.41) is 3.17. The number of ether oxygens (including phenoxy) is 1. The maximum Gasteiger partial charge on any atom is 0.212 e. The number of hydrogen-bond donors (Lipinski definition) is 1. The van der Waals surface area contributed by atoms with E-state index in [2.05, 4.69) is 42.2 Å². The molecule has 1 aromatic heterocycles. The summed E-state index contributed by atoms with van der Waals surface area (Å²) >= 11 is 6.90. The van der Waals surface area contributed by atoms with Crippen LogP contribution >= 0.6 is 31.9 Å². The number of anilines is 1. The van der Waals surface area contributed by atoms with E-state index >= 15 is 0 Å². The minimum absolute atomic E-state index is 0.486. The highest BCUT2D eigenvalue weighted by Gasteiger charge is 2.07. The Morgan fingerprint density at radius 3 is 2.47 bits per heavy atom. The van der Waals surface area contributed by atoms with E-state index in [1.54, 1.807) is 13.2 Å². The van der Waals surface area contributed by atoms with Crippen LogP contribution in [0.4, 0.5) is 10.1 Å². The first-order valence-electron chi connectivity index (χ1n) is 5.47. The number of halogens is 3. The van der Waals surface area contributed by atoms with Gasteiger partial charge in [-0.1, -0.05) is 0 Å². The lowest BCUT2D eigenvalue weighted by atomic mass is 10.2. The van der Waals surface area contributed by atoms with Gasteiger partial charge < -0.3 is 10.1 Å². The van der Waals surface area contributed by atoms with E-state index in [4.69, 9.17) is 4.74 Å². The van der Waals surface area contributed by atoms with Crippen molar-refractivity contribution in [1.29, 1.82) is 0 Å². The van der Waals surface area contributed by atoms with Crippen LogP contribution in [-0.4, -0.2) is 12.1 Å². The standard InChI is InChI=1S/C13H11Br2FN2O/c1-19-13-10(14)4-8(5-11(13)15)6-17-9-2-3-12(16)18-7-9/h2-5,7,17H,6H2,1H3. The highest BCUT2D eigenvalue weighted by molar-refractivity contribution is 9.11. The van der Waals surface area contributed by atoms with Crippen molar-refractivity contribution < 1.29 is 9.13 Å². The third-order valence-corrected chi connectivity index (χ3v) is 3.66. The largest absolute Gasteiger partial charge is 0.494 e. The van der Waals surface area contributed by atoms with Crippen molar-refractivity contribution >= 4 is 37.5 Å². The summed E-state index contributed by atoms with van der Waals surface area (Å²) in [5.41, 5.74) is 1.83. The van der Waals surface area contributed by atoms with Crippen LogP contribution in [0.2, 0.25) is 0 Å². The van der Waals surface area contributed by atoms with Crippen molar-refractivity contribution in [3.63, 3.8) is 0 Å². The first kappa shape index (κ1) is 14.3. The third kappa shape index (κ3) is 3.67. The molecule has 1 aromatic carbocycles. The molecule has 0 amide bonds. The predicted molar refractivity (Wildman–Crippen MR) is 79.9 cm³/mol. The number of nitrogens with one attached hydrogen (secondary N) is 1. The molecular weight excluding hydrogens is 379 g/mol. The average Bonchev–Trinajstić information content (AvgIpc) is 2.38. The fourth-order valence-corrected chi connectivity index (χ4v) is 3.20. The number of nitrogens with zero attached hydrogens (tertiary/aromatic N) is 1. The number of rotatable bonds is 4. The highest BCUT2D eigenvalue weighted by atomic mass is 79.9. The molecule has 0 aliphatic rings. The summed E-state index contributed by atoms with van der Waals surface area (Å²) in [7, 11) is 1.62. The zero-order chi connectivity index (χ0) is 13.8. The van der Waals surface area contributed by atoms with Crippen molar-refractivity contribution in [1.82, 2.24) is 4.98 Å². The molecule has 2 rings (SSSR count). The third-order valence-electron chi connectivity index (χ3n) is 2.49. The van der Waals surface area contributed by atoms with Crippen LogP contribution in [0.25, 0.3) is 0 Å². The smallest absolute Gasteiger partial charge is 0.212 e. The fourth-order valence-electron chi connectivity index (χ4n) is 1.59. The van der Waals surface area contributed by atoms with Gasteiger partial charge in [0.1, 0.15) is 5.75 Å². The lowest BCUT2D eigenvalue weighted by molar-refractivity contribution is 0.409. The zero-order valence-electron chi connectivity index (χ0n) is 10.1. The number of aromatic nitrogens is 1. The molecule has 1 N–H and O–H groups in total. The van der Waals surface area contributed by atoms with Crippen LogP contribution in [0.15, 0.2) is 39.4 Å². The molecule has 3 nitrogen and oxygen atoms in total. The molecule has 0 saturated carbocycles. The van der Waals surface area contributed by atoms with E-state index in [1.165, 1.54) is 12.3 Å². The van der Waals surface area contributed by atoms with E-state index in [1.807, 2.05) is 12.1 Å². The molecule has 0 aliphatic carbocycles. The molecular formula is C13H11Br2FN2O. The van der Waals surface area contributed by atoms with Gasteiger partial charge >= 0.3 is 0 Å². The van der Waals surface area contributed by atoms with Crippen molar-refractivity contribution in [2.75, 3.05) is 12.4 Å². The molecule has 0 saturated heterocycles. The fraction of sp³-hybridized carbons (Fsp3) is 0.154. The molecule has 0 aliphatic heterocycles. The molecule has 2 aromatic rings. The van der Waals surface area contributed by atoms with E-state index in [9.17, 15) is 4.39 Å². The Kier molecular flexibility index (Phi) is 4.76. The first-order valence-corrected chi connectivity index (χ1v) is 7.06. The van der Waals surface area contributed by atoms with Gasteiger partial charge in [0.25, 0.3) is 0 Å². The average molecular weight is 390 g/mol. The summed E-state index contributed by atoms with van der Waals surface area (Å²) in [4.78, 5) is 3.59. The lowest BCUT2D eigenvalue weighted by Crippen LogP contribution is -2.01. The number of benzene rings is 1. The van der Waals surface area contributed by atoms with Crippen LogP contribution in [0.3, 0.4) is 0 Å². The Bertz CT molecular complexity index is 552. The van der Waals surface area contributed by atoms with Gasteiger partial charge in [-0.15, -0.1) is 0 Å². The summed E-state index contributed by atoms with van der Waals surface area (Å²) in [5.74, 6) is 0.271. The Balaban J connectivity index is 2.09. The van der Waals surface area contributed by atoms with Crippen molar-refractivity contribution in [3.05, 3.63) is 50.9 Å². The minimum Gasteiger partial charge on any atom is -0.494 e.